The molecule has 0 saturated heterocycles. The molecule has 2 rings (SSSR count). The van der Waals surface area contributed by atoms with Gasteiger partial charge in [0.1, 0.15) is 5.76 Å². The molecule has 3 nitrogen and oxygen atoms in total. The van der Waals surface area contributed by atoms with Crippen LogP contribution in [0.15, 0.2) is 40.9 Å². The molecule has 1 aromatic carbocycles. The number of hydrogen-bond donors (Lipinski definition) is 1. The average molecular weight is 244 g/mol. The molecular weight excluding hydrogens is 224 g/mol. The van der Waals surface area contributed by atoms with E-state index in [4.69, 9.17) is 10.2 Å². The van der Waals surface area contributed by atoms with Crippen LogP contribution in [-0.4, -0.2) is 4.98 Å². The second-order valence-corrected chi connectivity index (χ2v) is 5.06. The van der Waals surface area contributed by atoms with Gasteiger partial charge in [0.05, 0.1) is 12.2 Å². The third-order valence-corrected chi connectivity index (χ3v) is 2.84. The van der Waals surface area contributed by atoms with Gasteiger partial charge in [-0.1, -0.05) is 44.2 Å². The Kier molecular flexibility index (Phi) is 4.15. The zero-order valence-corrected chi connectivity index (χ0v) is 11.0. The van der Waals surface area contributed by atoms with Gasteiger partial charge < -0.3 is 10.2 Å². The quantitative estimate of drug-likeness (QED) is 0.877. The first-order valence-electron chi connectivity index (χ1n) is 6.39. The van der Waals surface area contributed by atoms with Crippen LogP contribution < -0.4 is 5.73 Å². The van der Waals surface area contributed by atoms with Crippen molar-refractivity contribution in [3.8, 4) is 0 Å². The molecule has 0 aliphatic heterocycles. The van der Waals surface area contributed by atoms with Crippen LogP contribution in [0.25, 0.3) is 0 Å². The molecule has 0 aliphatic carbocycles. The Hall–Kier alpha value is -1.61. The maximum absolute atomic E-state index is 6.05. The first kappa shape index (κ1) is 12.8. The summed E-state index contributed by atoms with van der Waals surface area (Å²) in [7, 11) is 0. The van der Waals surface area contributed by atoms with Gasteiger partial charge in [-0.25, -0.2) is 4.98 Å². The second-order valence-electron chi connectivity index (χ2n) is 5.06. The third kappa shape index (κ3) is 3.44. The third-order valence-electron chi connectivity index (χ3n) is 2.84. The lowest BCUT2D eigenvalue weighted by Crippen LogP contribution is -2.13. The van der Waals surface area contributed by atoms with E-state index in [9.17, 15) is 0 Å². The van der Waals surface area contributed by atoms with Crippen molar-refractivity contribution in [1.29, 1.82) is 0 Å². The van der Waals surface area contributed by atoms with Crippen molar-refractivity contribution in [2.24, 2.45) is 11.7 Å². The smallest absolute Gasteiger partial charge is 0.211 e. The van der Waals surface area contributed by atoms with Gasteiger partial charge in [0.15, 0.2) is 0 Å². The maximum atomic E-state index is 6.05. The summed E-state index contributed by atoms with van der Waals surface area (Å²) in [6, 6.07) is 10.1. The summed E-state index contributed by atoms with van der Waals surface area (Å²) < 4.78 is 5.71. The largest absolute Gasteiger partial charge is 0.444 e. The Balaban J connectivity index is 2.02. The van der Waals surface area contributed by atoms with E-state index in [2.05, 4.69) is 31.0 Å². The van der Waals surface area contributed by atoms with E-state index < -0.39 is 0 Å². The molecule has 2 aromatic rings. The van der Waals surface area contributed by atoms with Gasteiger partial charge in [0.25, 0.3) is 0 Å². The number of oxazole rings is 1. The summed E-state index contributed by atoms with van der Waals surface area (Å²) >= 11 is 0. The summed E-state index contributed by atoms with van der Waals surface area (Å²) in [5.74, 6) is 2.06. The molecular formula is C15H20N2O. The number of rotatable bonds is 5. The molecule has 0 fully saturated rings. The molecule has 0 bridgehead atoms. The Morgan fingerprint density at radius 2 is 1.94 bits per heavy atom. The number of nitrogens with two attached hydrogens (primary N) is 1. The van der Waals surface area contributed by atoms with Crippen molar-refractivity contribution >= 4 is 0 Å². The van der Waals surface area contributed by atoms with Crippen LogP contribution in [0.4, 0.5) is 0 Å². The van der Waals surface area contributed by atoms with Gasteiger partial charge in [-0.3, -0.25) is 0 Å². The van der Waals surface area contributed by atoms with E-state index in [0.717, 1.165) is 18.6 Å². The highest BCUT2D eigenvalue weighted by atomic mass is 16.4. The molecule has 1 atom stereocenters. The van der Waals surface area contributed by atoms with E-state index in [0.29, 0.717) is 11.8 Å². The van der Waals surface area contributed by atoms with E-state index in [-0.39, 0.29) is 6.04 Å². The predicted octanol–water partition coefficient (Wildman–Crippen LogP) is 3.31. The SMILES string of the molecule is CC(C)C[C@H](N)c1ncc(Cc2ccccc2)o1. The zero-order valence-electron chi connectivity index (χ0n) is 11.0. The Morgan fingerprint density at radius 1 is 1.22 bits per heavy atom. The van der Waals surface area contributed by atoms with Crippen LogP contribution in [0, 0.1) is 5.92 Å². The lowest BCUT2D eigenvalue weighted by Gasteiger charge is -2.09. The lowest BCUT2D eigenvalue weighted by molar-refractivity contribution is 0.388. The monoisotopic (exact) mass is 244 g/mol. The first-order valence-corrected chi connectivity index (χ1v) is 6.39. The van der Waals surface area contributed by atoms with E-state index in [1.54, 1.807) is 6.20 Å². The molecule has 2 N–H and O–H groups in total. The van der Waals surface area contributed by atoms with Crippen molar-refractivity contribution in [3.05, 3.63) is 53.7 Å². The predicted molar refractivity (Wildman–Crippen MR) is 72.1 cm³/mol. The van der Waals surface area contributed by atoms with Crippen LogP contribution >= 0.6 is 0 Å². The zero-order chi connectivity index (χ0) is 13.0. The molecule has 96 valence electrons. The van der Waals surface area contributed by atoms with Crippen molar-refractivity contribution in [2.45, 2.75) is 32.7 Å². The van der Waals surface area contributed by atoms with Gasteiger partial charge in [-0.15, -0.1) is 0 Å². The Labute approximate surface area is 108 Å². The van der Waals surface area contributed by atoms with Crippen LogP contribution in [0.2, 0.25) is 0 Å². The van der Waals surface area contributed by atoms with Gasteiger partial charge in [-0.05, 0) is 17.9 Å². The molecule has 0 unspecified atom stereocenters. The Bertz CT molecular complexity index is 476. The van der Waals surface area contributed by atoms with E-state index >= 15 is 0 Å². The fourth-order valence-corrected chi connectivity index (χ4v) is 1.98. The van der Waals surface area contributed by atoms with Gasteiger partial charge in [-0.2, -0.15) is 0 Å². The number of aromatic nitrogens is 1. The number of benzene rings is 1. The number of nitrogens with zero attached hydrogens (tertiary/aromatic N) is 1. The molecule has 1 aromatic heterocycles. The summed E-state index contributed by atoms with van der Waals surface area (Å²) in [4.78, 5) is 4.27. The molecule has 1 heterocycles. The first-order chi connectivity index (χ1) is 8.65. The topological polar surface area (TPSA) is 52.0 Å². The van der Waals surface area contributed by atoms with Crippen LogP contribution in [0.1, 0.15) is 43.5 Å². The van der Waals surface area contributed by atoms with Crippen molar-refractivity contribution in [1.82, 2.24) is 4.98 Å². The molecule has 3 heteroatoms. The second kappa shape index (κ2) is 5.83. The highest BCUT2D eigenvalue weighted by Crippen LogP contribution is 2.19. The lowest BCUT2D eigenvalue weighted by atomic mass is 10.0. The fourth-order valence-electron chi connectivity index (χ4n) is 1.98. The molecule has 0 aliphatic rings. The molecule has 0 radical (unpaired) electrons. The van der Waals surface area contributed by atoms with Gasteiger partial charge >= 0.3 is 0 Å². The highest BCUT2D eigenvalue weighted by Gasteiger charge is 2.14. The minimum atomic E-state index is -0.102. The van der Waals surface area contributed by atoms with Crippen molar-refractivity contribution in [2.75, 3.05) is 0 Å². The van der Waals surface area contributed by atoms with Crippen LogP contribution in [-0.2, 0) is 6.42 Å². The van der Waals surface area contributed by atoms with E-state index in [1.807, 2.05) is 18.2 Å². The summed E-state index contributed by atoms with van der Waals surface area (Å²) in [5.41, 5.74) is 7.27. The number of hydrogen-bond acceptors (Lipinski definition) is 3. The average Bonchev–Trinajstić information content (AvgIpc) is 2.78. The Morgan fingerprint density at radius 3 is 2.61 bits per heavy atom. The minimum Gasteiger partial charge on any atom is -0.444 e. The van der Waals surface area contributed by atoms with Crippen molar-refractivity contribution < 1.29 is 4.42 Å². The van der Waals surface area contributed by atoms with Gasteiger partial charge in [0, 0.05) is 6.42 Å². The summed E-state index contributed by atoms with van der Waals surface area (Å²) in [6.45, 7) is 4.29. The standard InChI is InChI=1S/C15H20N2O/c1-11(2)8-14(16)15-17-10-13(18-15)9-12-6-4-3-5-7-12/h3-7,10-11,14H,8-9,16H2,1-2H3/t14-/m0/s1. The van der Waals surface area contributed by atoms with E-state index in [1.165, 1.54) is 5.56 Å². The molecule has 0 amide bonds. The van der Waals surface area contributed by atoms with Crippen molar-refractivity contribution in [3.63, 3.8) is 0 Å². The normalized spacial score (nSPS) is 12.9. The van der Waals surface area contributed by atoms with Crippen LogP contribution in [0.3, 0.4) is 0 Å². The molecule has 0 saturated carbocycles. The fraction of sp³-hybridized carbons (Fsp3) is 0.400. The summed E-state index contributed by atoms with van der Waals surface area (Å²) in [5, 5.41) is 0. The summed E-state index contributed by atoms with van der Waals surface area (Å²) in [6.07, 6.45) is 3.44. The van der Waals surface area contributed by atoms with Gasteiger partial charge in [0.2, 0.25) is 5.89 Å². The maximum Gasteiger partial charge on any atom is 0.211 e. The molecule has 0 spiro atoms. The minimum absolute atomic E-state index is 0.102. The molecule has 18 heavy (non-hydrogen) atoms. The van der Waals surface area contributed by atoms with Crippen LogP contribution in [0.5, 0.6) is 0 Å². The highest BCUT2D eigenvalue weighted by molar-refractivity contribution is 5.19.